The fraction of sp³-hybridized carbons (Fsp3) is 0.312. The molecular formula is C32H32N2O. The summed E-state index contributed by atoms with van der Waals surface area (Å²) in [5.41, 5.74) is 4.98. The van der Waals surface area contributed by atoms with Crippen molar-refractivity contribution < 1.29 is 4.74 Å². The van der Waals surface area contributed by atoms with Gasteiger partial charge >= 0.3 is 0 Å². The summed E-state index contributed by atoms with van der Waals surface area (Å²) in [6.45, 7) is 13.7. The van der Waals surface area contributed by atoms with Gasteiger partial charge in [0.25, 0.3) is 0 Å². The van der Waals surface area contributed by atoms with Crippen LogP contribution in [0.25, 0.3) is 43.6 Å². The number of rotatable bonds is 2. The highest BCUT2D eigenvalue weighted by molar-refractivity contribution is 6.17. The van der Waals surface area contributed by atoms with Gasteiger partial charge < -0.3 is 4.74 Å². The average molecular weight is 461 g/mol. The minimum atomic E-state index is 0.103. The number of hydrogen-bond acceptors (Lipinski definition) is 3. The van der Waals surface area contributed by atoms with Crippen LogP contribution < -0.4 is 4.74 Å². The number of aromatic nitrogens is 2. The van der Waals surface area contributed by atoms with Gasteiger partial charge in [-0.2, -0.15) is 0 Å². The maximum atomic E-state index is 6.82. The normalized spacial score (nSPS) is 13.3. The topological polar surface area (TPSA) is 35.0 Å². The fourth-order valence-corrected chi connectivity index (χ4v) is 5.60. The van der Waals surface area contributed by atoms with Crippen molar-refractivity contribution in [3.05, 3.63) is 72.2 Å². The predicted octanol–water partition coefficient (Wildman–Crippen LogP) is 8.89. The molecular weight excluding hydrogens is 428 g/mol. The van der Waals surface area contributed by atoms with Gasteiger partial charge in [-0.15, -0.1) is 0 Å². The van der Waals surface area contributed by atoms with E-state index >= 15 is 0 Å². The Labute approximate surface area is 207 Å². The molecule has 3 nitrogen and oxygen atoms in total. The van der Waals surface area contributed by atoms with Gasteiger partial charge in [-0.1, -0.05) is 59.7 Å². The third-order valence-electron chi connectivity index (χ3n) is 6.83. The lowest BCUT2D eigenvalue weighted by molar-refractivity contribution is 0.400. The summed E-state index contributed by atoms with van der Waals surface area (Å²) in [5.74, 6) is 1.83. The van der Waals surface area contributed by atoms with Gasteiger partial charge in [-0.25, -0.2) is 0 Å². The Morgan fingerprint density at radius 1 is 0.771 bits per heavy atom. The second-order valence-corrected chi connectivity index (χ2v) is 12.4. The smallest absolute Gasteiger partial charge is 0.140 e. The van der Waals surface area contributed by atoms with Crippen LogP contribution in [-0.4, -0.2) is 9.97 Å². The molecule has 0 saturated heterocycles. The fourth-order valence-electron chi connectivity index (χ4n) is 5.60. The van der Waals surface area contributed by atoms with Gasteiger partial charge in [0.1, 0.15) is 11.5 Å². The molecule has 3 heteroatoms. The molecule has 3 heterocycles. The van der Waals surface area contributed by atoms with E-state index in [4.69, 9.17) is 9.72 Å². The van der Waals surface area contributed by atoms with Crippen LogP contribution in [-0.2, 0) is 12.8 Å². The van der Waals surface area contributed by atoms with Crippen LogP contribution in [0.15, 0.2) is 61.1 Å². The molecule has 35 heavy (non-hydrogen) atoms. The molecule has 0 spiro atoms. The highest BCUT2D eigenvalue weighted by Crippen LogP contribution is 2.51. The van der Waals surface area contributed by atoms with Crippen molar-refractivity contribution >= 4 is 32.3 Å². The van der Waals surface area contributed by atoms with E-state index in [9.17, 15) is 0 Å². The van der Waals surface area contributed by atoms with Gasteiger partial charge in [0.2, 0.25) is 0 Å². The third kappa shape index (κ3) is 3.74. The zero-order valence-electron chi connectivity index (χ0n) is 21.5. The molecule has 0 saturated carbocycles. The van der Waals surface area contributed by atoms with Crippen molar-refractivity contribution in [2.24, 2.45) is 10.8 Å². The molecule has 0 amide bonds. The average Bonchev–Trinajstić information content (AvgIpc) is 2.78. The zero-order chi connectivity index (χ0) is 24.5. The standard InChI is InChI=1S/C32H32N2O/c1-31(2,3)16-21-9-7-8-20-15-26-28-22(27(20)21)11-13-34-29(28)23-14-19-10-12-33-18-25(19)24(30(23)35-26)17-32(4,5)6/h7-15,18H,16-17H2,1-6H3. The second-order valence-electron chi connectivity index (χ2n) is 12.4. The molecule has 176 valence electrons. The number of pyridine rings is 2. The SMILES string of the molecule is CC(C)(C)Cc1c2c(cc3ccncc13)-c1nccc3c1c(cc1cccc(CC(C)(C)C)c13)O2. The first-order valence-corrected chi connectivity index (χ1v) is 12.5. The summed E-state index contributed by atoms with van der Waals surface area (Å²) in [7, 11) is 0. The molecule has 0 fully saturated rings. The maximum Gasteiger partial charge on any atom is 0.140 e. The minimum Gasteiger partial charge on any atom is -0.456 e. The summed E-state index contributed by atoms with van der Waals surface area (Å²) in [6.07, 6.45) is 7.72. The summed E-state index contributed by atoms with van der Waals surface area (Å²) < 4.78 is 6.82. The predicted molar refractivity (Wildman–Crippen MR) is 146 cm³/mol. The first-order chi connectivity index (χ1) is 16.6. The Morgan fingerprint density at radius 3 is 2.34 bits per heavy atom. The Balaban J connectivity index is 1.70. The molecule has 5 aromatic rings. The molecule has 0 atom stereocenters. The molecule has 0 aliphatic carbocycles. The van der Waals surface area contributed by atoms with Crippen LogP contribution >= 0.6 is 0 Å². The highest BCUT2D eigenvalue weighted by atomic mass is 16.5. The first kappa shape index (κ1) is 22.0. The van der Waals surface area contributed by atoms with E-state index in [-0.39, 0.29) is 10.8 Å². The van der Waals surface area contributed by atoms with Crippen molar-refractivity contribution in [2.75, 3.05) is 0 Å². The second kappa shape index (κ2) is 7.52. The lowest BCUT2D eigenvalue weighted by Crippen LogP contribution is -2.12. The monoisotopic (exact) mass is 460 g/mol. The van der Waals surface area contributed by atoms with E-state index in [1.165, 1.54) is 32.7 Å². The van der Waals surface area contributed by atoms with E-state index in [1.54, 1.807) is 0 Å². The van der Waals surface area contributed by atoms with E-state index in [1.807, 2.05) is 18.6 Å². The maximum absolute atomic E-state index is 6.82. The third-order valence-corrected chi connectivity index (χ3v) is 6.83. The molecule has 0 radical (unpaired) electrons. The molecule has 1 aliphatic rings. The van der Waals surface area contributed by atoms with Crippen molar-refractivity contribution in [1.82, 2.24) is 9.97 Å². The van der Waals surface area contributed by atoms with E-state index in [0.29, 0.717) is 0 Å². The van der Waals surface area contributed by atoms with Crippen LogP contribution in [0.1, 0.15) is 52.7 Å². The zero-order valence-corrected chi connectivity index (χ0v) is 21.5. The van der Waals surface area contributed by atoms with E-state index in [0.717, 1.165) is 46.4 Å². The Morgan fingerprint density at radius 2 is 1.57 bits per heavy atom. The molecule has 6 rings (SSSR count). The van der Waals surface area contributed by atoms with Gasteiger partial charge in [0.15, 0.2) is 0 Å². The molecule has 1 aliphatic heterocycles. The Hall–Kier alpha value is -3.46. The molecule has 2 aromatic heterocycles. The first-order valence-electron chi connectivity index (χ1n) is 12.5. The summed E-state index contributed by atoms with van der Waals surface area (Å²) in [6, 6.07) is 15.4. The van der Waals surface area contributed by atoms with Crippen molar-refractivity contribution in [1.29, 1.82) is 0 Å². The van der Waals surface area contributed by atoms with Crippen LogP contribution in [0.2, 0.25) is 0 Å². The van der Waals surface area contributed by atoms with Gasteiger partial charge in [0.05, 0.1) is 11.1 Å². The van der Waals surface area contributed by atoms with Crippen LogP contribution in [0.5, 0.6) is 11.5 Å². The number of fused-ring (bicyclic) bond motifs is 5. The lowest BCUT2D eigenvalue weighted by atomic mass is 9.83. The molecule has 3 aromatic carbocycles. The molecule has 0 bridgehead atoms. The number of hydrogen-bond donors (Lipinski definition) is 0. The number of ether oxygens (including phenoxy) is 1. The summed E-state index contributed by atoms with van der Waals surface area (Å²) in [4.78, 5) is 9.38. The van der Waals surface area contributed by atoms with Gasteiger partial charge in [-0.05, 0) is 75.0 Å². The van der Waals surface area contributed by atoms with Crippen molar-refractivity contribution in [2.45, 2.75) is 54.4 Å². The molecule has 0 N–H and O–H groups in total. The Kier molecular flexibility index (Phi) is 4.73. The number of benzene rings is 3. The van der Waals surface area contributed by atoms with Crippen LogP contribution in [0.3, 0.4) is 0 Å². The number of nitrogens with zero attached hydrogens (tertiary/aromatic N) is 2. The quantitative estimate of drug-likeness (QED) is 0.242. The van der Waals surface area contributed by atoms with Gasteiger partial charge in [0, 0.05) is 35.1 Å². The van der Waals surface area contributed by atoms with E-state index < -0.39 is 0 Å². The largest absolute Gasteiger partial charge is 0.456 e. The summed E-state index contributed by atoms with van der Waals surface area (Å²) >= 11 is 0. The van der Waals surface area contributed by atoms with Crippen LogP contribution in [0, 0.1) is 10.8 Å². The van der Waals surface area contributed by atoms with Crippen molar-refractivity contribution in [3.8, 4) is 22.8 Å². The van der Waals surface area contributed by atoms with Crippen molar-refractivity contribution in [3.63, 3.8) is 0 Å². The molecule has 0 unspecified atom stereocenters. The minimum absolute atomic E-state index is 0.103. The summed E-state index contributed by atoms with van der Waals surface area (Å²) in [5, 5.41) is 7.21. The lowest BCUT2D eigenvalue weighted by Gasteiger charge is -2.28. The highest BCUT2D eigenvalue weighted by Gasteiger charge is 2.29. The van der Waals surface area contributed by atoms with Gasteiger partial charge in [-0.3, -0.25) is 9.97 Å². The van der Waals surface area contributed by atoms with Crippen LogP contribution in [0.4, 0.5) is 0 Å². The van der Waals surface area contributed by atoms with E-state index in [2.05, 4.69) is 89.0 Å². The Bertz CT molecular complexity index is 1630.